The summed E-state index contributed by atoms with van der Waals surface area (Å²) in [5.41, 5.74) is 6.54. The van der Waals surface area contributed by atoms with Crippen molar-refractivity contribution in [1.82, 2.24) is 4.98 Å². The third kappa shape index (κ3) is 3.89. The summed E-state index contributed by atoms with van der Waals surface area (Å²) in [6.45, 7) is 0.770. The number of nitrogens with zero attached hydrogens (tertiary/aromatic N) is 2. The van der Waals surface area contributed by atoms with Crippen molar-refractivity contribution in [3.05, 3.63) is 23.2 Å². The molecular weight excluding hydrogens is 346 g/mol. The Balaban J connectivity index is 1.78. The van der Waals surface area contributed by atoms with Crippen LogP contribution in [0.15, 0.2) is 18.2 Å². The van der Waals surface area contributed by atoms with Gasteiger partial charge < -0.3 is 20.3 Å². The van der Waals surface area contributed by atoms with E-state index < -0.39 is 18.1 Å². The molecule has 1 aromatic carbocycles. The molecule has 134 valence electrons. The first-order chi connectivity index (χ1) is 12.0. The molecule has 0 aliphatic carbocycles. The number of cyclic esters (lactones) is 1. The van der Waals surface area contributed by atoms with Gasteiger partial charge in [0.25, 0.3) is 0 Å². The molecule has 9 heteroatoms. The van der Waals surface area contributed by atoms with Crippen molar-refractivity contribution in [2.45, 2.75) is 25.0 Å². The van der Waals surface area contributed by atoms with Crippen molar-refractivity contribution in [1.29, 1.82) is 0 Å². The SMILES string of the molecule is COC[C@H]1CN(c2ccc3nc([C@@H](O)CCC(N)=O)sc3c2)C(=O)O1. The summed E-state index contributed by atoms with van der Waals surface area (Å²) < 4.78 is 11.1. The van der Waals surface area contributed by atoms with E-state index in [4.69, 9.17) is 15.2 Å². The molecule has 0 spiro atoms. The minimum Gasteiger partial charge on any atom is -0.441 e. The first-order valence-corrected chi connectivity index (χ1v) is 8.63. The Morgan fingerprint density at radius 3 is 3.12 bits per heavy atom. The summed E-state index contributed by atoms with van der Waals surface area (Å²) in [6, 6.07) is 5.42. The van der Waals surface area contributed by atoms with Gasteiger partial charge in [0, 0.05) is 19.2 Å². The van der Waals surface area contributed by atoms with Gasteiger partial charge in [0.05, 0.1) is 23.4 Å². The zero-order valence-corrected chi connectivity index (χ0v) is 14.5. The molecule has 1 aliphatic heterocycles. The van der Waals surface area contributed by atoms with E-state index in [0.29, 0.717) is 23.8 Å². The first kappa shape index (κ1) is 17.6. The maximum atomic E-state index is 12.0. The summed E-state index contributed by atoms with van der Waals surface area (Å²) in [6.07, 6.45) is -1.20. The monoisotopic (exact) mass is 365 g/mol. The Kier molecular flexibility index (Phi) is 5.16. The van der Waals surface area contributed by atoms with Gasteiger partial charge in [0.1, 0.15) is 17.2 Å². The lowest BCUT2D eigenvalue weighted by atomic mass is 10.2. The number of benzene rings is 1. The van der Waals surface area contributed by atoms with E-state index in [2.05, 4.69) is 4.98 Å². The molecule has 1 aromatic heterocycles. The van der Waals surface area contributed by atoms with Crippen molar-refractivity contribution in [3.63, 3.8) is 0 Å². The number of aliphatic hydroxyl groups is 1. The van der Waals surface area contributed by atoms with Gasteiger partial charge in [-0.05, 0) is 24.6 Å². The van der Waals surface area contributed by atoms with Gasteiger partial charge in [-0.15, -0.1) is 11.3 Å². The number of aliphatic hydroxyl groups excluding tert-OH is 1. The second kappa shape index (κ2) is 7.34. The Morgan fingerprint density at radius 1 is 1.60 bits per heavy atom. The zero-order valence-electron chi connectivity index (χ0n) is 13.7. The number of thiazole rings is 1. The second-order valence-corrected chi connectivity index (χ2v) is 6.86. The van der Waals surface area contributed by atoms with E-state index >= 15 is 0 Å². The van der Waals surface area contributed by atoms with Gasteiger partial charge in [-0.2, -0.15) is 0 Å². The lowest BCUT2D eigenvalue weighted by Crippen LogP contribution is -2.25. The number of carbonyl (C=O) groups is 2. The summed E-state index contributed by atoms with van der Waals surface area (Å²) in [4.78, 5) is 28.8. The summed E-state index contributed by atoms with van der Waals surface area (Å²) in [7, 11) is 1.56. The van der Waals surface area contributed by atoms with Crippen molar-refractivity contribution < 1.29 is 24.2 Å². The highest BCUT2D eigenvalue weighted by Gasteiger charge is 2.32. The Hall–Kier alpha value is -2.23. The van der Waals surface area contributed by atoms with Crippen molar-refractivity contribution in [2.75, 3.05) is 25.2 Å². The van der Waals surface area contributed by atoms with Crippen LogP contribution in [-0.4, -0.2) is 48.5 Å². The molecule has 0 saturated carbocycles. The Labute approximate surface area is 148 Å². The normalized spacial score (nSPS) is 18.6. The maximum Gasteiger partial charge on any atom is 0.414 e. The predicted molar refractivity (Wildman–Crippen MR) is 92.5 cm³/mol. The third-order valence-electron chi connectivity index (χ3n) is 3.88. The number of anilines is 1. The molecule has 2 atom stereocenters. The van der Waals surface area contributed by atoms with E-state index in [0.717, 1.165) is 10.2 Å². The fraction of sp³-hybridized carbons (Fsp3) is 0.438. The summed E-state index contributed by atoms with van der Waals surface area (Å²) >= 11 is 1.33. The van der Waals surface area contributed by atoms with E-state index in [9.17, 15) is 14.7 Å². The van der Waals surface area contributed by atoms with Crippen LogP contribution in [-0.2, 0) is 14.3 Å². The van der Waals surface area contributed by atoms with Gasteiger partial charge >= 0.3 is 6.09 Å². The first-order valence-electron chi connectivity index (χ1n) is 7.82. The number of rotatable bonds is 7. The smallest absolute Gasteiger partial charge is 0.414 e. The van der Waals surface area contributed by atoms with Crippen LogP contribution in [0.2, 0.25) is 0 Å². The van der Waals surface area contributed by atoms with Gasteiger partial charge in [0.2, 0.25) is 5.91 Å². The van der Waals surface area contributed by atoms with E-state index in [1.54, 1.807) is 24.1 Å². The molecule has 3 rings (SSSR count). The van der Waals surface area contributed by atoms with Crippen molar-refractivity contribution >= 4 is 39.2 Å². The molecule has 0 radical (unpaired) electrons. The van der Waals surface area contributed by atoms with Gasteiger partial charge in [-0.3, -0.25) is 9.69 Å². The largest absolute Gasteiger partial charge is 0.441 e. The number of primary amides is 1. The minimum absolute atomic E-state index is 0.100. The average Bonchev–Trinajstić information content (AvgIpc) is 3.15. The predicted octanol–water partition coefficient (Wildman–Crippen LogP) is 1.57. The van der Waals surface area contributed by atoms with Crippen LogP contribution in [0, 0.1) is 0 Å². The van der Waals surface area contributed by atoms with Crippen molar-refractivity contribution in [2.24, 2.45) is 5.73 Å². The number of hydrogen-bond donors (Lipinski definition) is 2. The molecule has 0 bridgehead atoms. The fourth-order valence-electron chi connectivity index (χ4n) is 2.65. The maximum absolute atomic E-state index is 12.0. The molecule has 2 heterocycles. The number of aromatic nitrogens is 1. The van der Waals surface area contributed by atoms with Crippen LogP contribution < -0.4 is 10.6 Å². The number of hydrogen-bond acceptors (Lipinski definition) is 7. The second-order valence-electron chi connectivity index (χ2n) is 5.80. The number of fused-ring (bicyclic) bond motifs is 1. The number of methoxy groups -OCH3 is 1. The van der Waals surface area contributed by atoms with Crippen LogP contribution in [0.5, 0.6) is 0 Å². The summed E-state index contributed by atoms with van der Waals surface area (Å²) in [5.74, 6) is -0.458. The molecular formula is C16H19N3O5S. The highest BCUT2D eigenvalue weighted by atomic mass is 32.1. The lowest BCUT2D eigenvalue weighted by molar-refractivity contribution is -0.118. The van der Waals surface area contributed by atoms with E-state index in [1.807, 2.05) is 6.07 Å². The summed E-state index contributed by atoms with van der Waals surface area (Å²) in [5, 5.41) is 10.7. The highest BCUT2D eigenvalue weighted by molar-refractivity contribution is 7.18. The van der Waals surface area contributed by atoms with Crippen LogP contribution >= 0.6 is 11.3 Å². The number of nitrogens with two attached hydrogens (primary N) is 1. The van der Waals surface area contributed by atoms with E-state index in [-0.39, 0.29) is 18.9 Å². The number of ether oxygens (including phenoxy) is 2. The lowest BCUT2D eigenvalue weighted by Gasteiger charge is -2.12. The molecule has 3 N–H and O–H groups in total. The third-order valence-corrected chi connectivity index (χ3v) is 5.00. The average molecular weight is 365 g/mol. The molecule has 2 aromatic rings. The van der Waals surface area contributed by atoms with Crippen LogP contribution in [0.25, 0.3) is 10.2 Å². The van der Waals surface area contributed by atoms with Crippen LogP contribution in [0.1, 0.15) is 24.0 Å². The van der Waals surface area contributed by atoms with Crippen LogP contribution in [0.3, 0.4) is 0 Å². The number of carbonyl (C=O) groups excluding carboxylic acids is 2. The highest BCUT2D eigenvalue weighted by Crippen LogP contribution is 2.32. The van der Waals surface area contributed by atoms with E-state index in [1.165, 1.54) is 11.3 Å². The molecule has 1 fully saturated rings. The van der Waals surface area contributed by atoms with Gasteiger partial charge in [-0.1, -0.05) is 0 Å². The molecule has 0 unspecified atom stereocenters. The van der Waals surface area contributed by atoms with Crippen molar-refractivity contribution in [3.8, 4) is 0 Å². The van der Waals surface area contributed by atoms with Crippen LogP contribution in [0.4, 0.5) is 10.5 Å². The zero-order chi connectivity index (χ0) is 18.0. The molecule has 2 amide bonds. The topological polar surface area (TPSA) is 115 Å². The molecule has 8 nitrogen and oxygen atoms in total. The fourth-order valence-corrected chi connectivity index (χ4v) is 3.67. The minimum atomic E-state index is -0.837. The molecule has 25 heavy (non-hydrogen) atoms. The number of amides is 2. The van der Waals surface area contributed by atoms with Gasteiger partial charge in [0.15, 0.2) is 0 Å². The Morgan fingerprint density at radius 2 is 2.40 bits per heavy atom. The Bertz CT molecular complexity index is 793. The molecule has 1 saturated heterocycles. The standard InChI is InChI=1S/C16H19N3O5S/c1-23-8-10-7-19(16(22)24-10)9-2-3-11-13(6-9)25-15(18-11)12(20)4-5-14(17)21/h2-3,6,10,12,20H,4-5,7-8H2,1H3,(H2,17,21)/t10-,12+/m1/s1. The quantitative estimate of drug-likeness (QED) is 0.769. The van der Waals surface area contributed by atoms with Gasteiger partial charge in [-0.25, -0.2) is 9.78 Å². The molecule has 1 aliphatic rings.